The molecule has 0 atom stereocenters. The minimum absolute atomic E-state index is 0.0852. The van der Waals surface area contributed by atoms with Crippen LogP contribution in [0.5, 0.6) is 0 Å². The zero-order chi connectivity index (χ0) is 19.3. The second kappa shape index (κ2) is 8.31. The lowest BCUT2D eigenvalue weighted by atomic mass is 9.87. The Hall–Kier alpha value is -2.73. The van der Waals surface area contributed by atoms with Gasteiger partial charge in [0, 0.05) is 19.3 Å². The molecule has 2 aromatic rings. The van der Waals surface area contributed by atoms with Crippen LogP contribution in [0.25, 0.3) is 0 Å². The number of piperidine rings is 1. The number of hydrogen-bond donors (Lipinski definition) is 1. The maximum atomic E-state index is 12.7. The standard InChI is InChI=1S/C21H25N3O3/c1-3-9-21(27-15-17-7-5-4-6-8-17)10-12-24(13-11-21)20(26)18-14-22-16(2)23-19(18)25/h3-8,14H,1,9-13,15H2,2H3,(H,22,23,25). The van der Waals surface area contributed by atoms with Gasteiger partial charge in [0.05, 0.1) is 12.2 Å². The van der Waals surface area contributed by atoms with Crippen molar-refractivity contribution in [2.75, 3.05) is 13.1 Å². The van der Waals surface area contributed by atoms with Gasteiger partial charge in [0.2, 0.25) is 0 Å². The molecule has 1 aromatic heterocycles. The molecule has 2 heterocycles. The van der Waals surface area contributed by atoms with Crippen molar-refractivity contribution < 1.29 is 9.53 Å². The molecule has 6 nitrogen and oxygen atoms in total. The summed E-state index contributed by atoms with van der Waals surface area (Å²) in [6.45, 7) is 7.15. The van der Waals surface area contributed by atoms with Crippen molar-refractivity contribution in [2.24, 2.45) is 0 Å². The summed E-state index contributed by atoms with van der Waals surface area (Å²) in [7, 11) is 0. The Balaban J connectivity index is 1.66. The molecule has 1 N–H and O–H groups in total. The molecule has 1 fully saturated rings. The van der Waals surface area contributed by atoms with Crippen molar-refractivity contribution in [2.45, 2.75) is 38.4 Å². The fourth-order valence-corrected chi connectivity index (χ4v) is 3.41. The van der Waals surface area contributed by atoms with Gasteiger partial charge in [-0.05, 0) is 31.7 Å². The Morgan fingerprint density at radius 1 is 1.33 bits per heavy atom. The topological polar surface area (TPSA) is 75.3 Å². The summed E-state index contributed by atoms with van der Waals surface area (Å²) in [5, 5.41) is 0. The average Bonchev–Trinajstić information content (AvgIpc) is 2.68. The van der Waals surface area contributed by atoms with Gasteiger partial charge in [-0.2, -0.15) is 0 Å². The fraction of sp³-hybridized carbons (Fsp3) is 0.381. The number of ether oxygens (including phenoxy) is 1. The summed E-state index contributed by atoms with van der Waals surface area (Å²) in [6.07, 6.45) is 5.36. The van der Waals surface area contributed by atoms with Gasteiger partial charge in [0.1, 0.15) is 11.4 Å². The van der Waals surface area contributed by atoms with Gasteiger partial charge in [-0.3, -0.25) is 9.59 Å². The highest BCUT2D eigenvalue weighted by Gasteiger charge is 2.36. The number of aryl methyl sites for hydroxylation is 1. The minimum Gasteiger partial charge on any atom is -0.370 e. The summed E-state index contributed by atoms with van der Waals surface area (Å²) >= 11 is 0. The van der Waals surface area contributed by atoms with Crippen LogP contribution in [0.4, 0.5) is 0 Å². The largest absolute Gasteiger partial charge is 0.370 e. The van der Waals surface area contributed by atoms with Crippen LogP contribution in [0.2, 0.25) is 0 Å². The van der Waals surface area contributed by atoms with E-state index in [0.717, 1.165) is 12.0 Å². The van der Waals surface area contributed by atoms with Gasteiger partial charge in [0.25, 0.3) is 11.5 Å². The number of aromatic amines is 1. The number of likely N-dealkylation sites (tertiary alicyclic amines) is 1. The van der Waals surface area contributed by atoms with E-state index in [9.17, 15) is 9.59 Å². The van der Waals surface area contributed by atoms with Gasteiger partial charge >= 0.3 is 0 Å². The fourth-order valence-electron chi connectivity index (χ4n) is 3.41. The Labute approximate surface area is 158 Å². The summed E-state index contributed by atoms with van der Waals surface area (Å²) in [4.78, 5) is 33.0. The third-order valence-electron chi connectivity index (χ3n) is 5.02. The van der Waals surface area contributed by atoms with Crippen LogP contribution in [0.15, 0.2) is 54.0 Å². The number of rotatable bonds is 6. The van der Waals surface area contributed by atoms with Crippen molar-refractivity contribution in [1.82, 2.24) is 14.9 Å². The summed E-state index contributed by atoms with van der Waals surface area (Å²) in [5.41, 5.74) is 0.487. The lowest BCUT2D eigenvalue weighted by Crippen LogP contribution is -2.48. The molecule has 1 aromatic carbocycles. The van der Waals surface area contributed by atoms with E-state index in [1.807, 2.05) is 36.4 Å². The Morgan fingerprint density at radius 3 is 2.67 bits per heavy atom. The van der Waals surface area contributed by atoms with Crippen LogP contribution >= 0.6 is 0 Å². The van der Waals surface area contributed by atoms with Gasteiger partial charge in [-0.25, -0.2) is 4.98 Å². The molecule has 3 rings (SSSR count). The molecule has 0 bridgehead atoms. The number of H-pyrrole nitrogens is 1. The van der Waals surface area contributed by atoms with Crippen molar-refractivity contribution >= 4 is 5.91 Å². The second-order valence-corrected chi connectivity index (χ2v) is 6.95. The predicted molar refractivity (Wildman–Crippen MR) is 104 cm³/mol. The number of benzene rings is 1. The highest BCUT2D eigenvalue weighted by atomic mass is 16.5. The van der Waals surface area contributed by atoms with E-state index in [1.54, 1.807) is 11.8 Å². The van der Waals surface area contributed by atoms with E-state index in [2.05, 4.69) is 16.5 Å². The number of nitrogens with one attached hydrogen (secondary N) is 1. The molecule has 1 aliphatic heterocycles. The molecule has 0 spiro atoms. The van der Waals surface area contributed by atoms with E-state index in [1.165, 1.54) is 6.20 Å². The van der Waals surface area contributed by atoms with Crippen LogP contribution in [0.1, 0.15) is 41.0 Å². The zero-order valence-electron chi connectivity index (χ0n) is 15.6. The van der Waals surface area contributed by atoms with E-state index in [0.29, 0.717) is 38.4 Å². The third-order valence-corrected chi connectivity index (χ3v) is 5.02. The number of aromatic nitrogens is 2. The second-order valence-electron chi connectivity index (χ2n) is 6.95. The molecule has 1 saturated heterocycles. The molecule has 0 saturated carbocycles. The van der Waals surface area contributed by atoms with Crippen molar-refractivity contribution in [3.05, 3.63) is 76.5 Å². The van der Waals surface area contributed by atoms with Gasteiger partial charge in [0.15, 0.2) is 0 Å². The average molecular weight is 367 g/mol. The van der Waals surface area contributed by atoms with E-state index in [-0.39, 0.29) is 17.1 Å². The highest BCUT2D eigenvalue weighted by molar-refractivity contribution is 5.93. The Morgan fingerprint density at radius 2 is 2.04 bits per heavy atom. The van der Waals surface area contributed by atoms with Crippen LogP contribution in [-0.4, -0.2) is 39.5 Å². The maximum Gasteiger partial charge on any atom is 0.263 e. The van der Waals surface area contributed by atoms with Crippen LogP contribution in [0.3, 0.4) is 0 Å². The number of hydrogen-bond acceptors (Lipinski definition) is 4. The molecule has 1 amide bonds. The molecule has 1 aliphatic rings. The SMILES string of the molecule is C=CCC1(OCc2ccccc2)CCN(C(=O)c2cnc(C)[nH]c2=O)CC1. The van der Waals surface area contributed by atoms with Crippen molar-refractivity contribution in [1.29, 1.82) is 0 Å². The number of nitrogens with zero attached hydrogens (tertiary/aromatic N) is 2. The molecule has 0 aliphatic carbocycles. The monoisotopic (exact) mass is 367 g/mol. The van der Waals surface area contributed by atoms with Gasteiger partial charge in [-0.1, -0.05) is 36.4 Å². The van der Waals surface area contributed by atoms with Crippen molar-refractivity contribution in [3.8, 4) is 0 Å². The lowest BCUT2D eigenvalue weighted by molar-refractivity contribution is -0.0869. The molecular weight excluding hydrogens is 342 g/mol. The Bertz CT molecular complexity index is 852. The Kier molecular flexibility index (Phi) is 5.86. The van der Waals surface area contributed by atoms with Crippen LogP contribution in [0, 0.1) is 6.92 Å². The number of carbonyl (C=O) groups excluding carboxylic acids is 1. The highest BCUT2D eigenvalue weighted by Crippen LogP contribution is 2.31. The van der Waals surface area contributed by atoms with Crippen molar-refractivity contribution in [3.63, 3.8) is 0 Å². The number of carbonyl (C=O) groups is 1. The molecule has 0 unspecified atom stereocenters. The molecular formula is C21H25N3O3. The smallest absolute Gasteiger partial charge is 0.263 e. The van der Waals surface area contributed by atoms with E-state index < -0.39 is 5.56 Å². The summed E-state index contributed by atoms with van der Waals surface area (Å²) < 4.78 is 6.28. The number of amides is 1. The first kappa shape index (κ1) is 19.0. The minimum atomic E-state index is -0.393. The molecule has 6 heteroatoms. The van der Waals surface area contributed by atoms with Crippen LogP contribution < -0.4 is 5.56 Å². The van der Waals surface area contributed by atoms with E-state index in [4.69, 9.17) is 4.74 Å². The third kappa shape index (κ3) is 4.52. The van der Waals surface area contributed by atoms with Crippen LogP contribution in [-0.2, 0) is 11.3 Å². The van der Waals surface area contributed by atoms with E-state index >= 15 is 0 Å². The first-order valence-corrected chi connectivity index (χ1v) is 9.17. The summed E-state index contributed by atoms with van der Waals surface area (Å²) in [6, 6.07) is 10.0. The normalized spacial score (nSPS) is 16.1. The molecule has 142 valence electrons. The zero-order valence-corrected chi connectivity index (χ0v) is 15.6. The van der Waals surface area contributed by atoms with Gasteiger partial charge < -0.3 is 14.6 Å². The summed E-state index contributed by atoms with van der Waals surface area (Å²) in [5.74, 6) is 0.216. The molecule has 0 radical (unpaired) electrons. The molecule has 27 heavy (non-hydrogen) atoms. The quantitative estimate of drug-likeness (QED) is 0.797. The first-order chi connectivity index (χ1) is 13.0. The van der Waals surface area contributed by atoms with Gasteiger partial charge in [-0.15, -0.1) is 6.58 Å². The lowest BCUT2D eigenvalue weighted by Gasteiger charge is -2.41. The predicted octanol–water partition coefficient (Wildman–Crippen LogP) is 2.85. The maximum absolute atomic E-state index is 12.7. The first-order valence-electron chi connectivity index (χ1n) is 9.17.